The summed E-state index contributed by atoms with van der Waals surface area (Å²) in [5.41, 5.74) is 4.22. The summed E-state index contributed by atoms with van der Waals surface area (Å²) in [6, 6.07) is 14.8. The highest BCUT2D eigenvalue weighted by Gasteiger charge is 2.30. The average Bonchev–Trinajstić information content (AvgIpc) is 2.98. The van der Waals surface area contributed by atoms with Crippen LogP contribution in [-0.4, -0.2) is 12.6 Å². The largest absolute Gasteiger partial charge is 0.462 e. The van der Waals surface area contributed by atoms with E-state index in [1.165, 1.54) is 0 Å². The first-order chi connectivity index (χ1) is 12.2. The van der Waals surface area contributed by atoms with Gasteiger partial charge in [0.1, 0.15) is 0 Å². The van der Waals surface area contributed by atoms with Gasteiger partial charge in [0.15, 0.2) is 0 Å². The molecule has 25 heavy (non-hydrogen) atoms. The molecule has 0 saturated carbocycles. The number of benzene rings is 2. The predicted molar refractivity (Wildman–Crippen MR) is 95.3 cm³/mol. The first kappa shape index (κ1) is 16.5. The van der Waals surface area contributed by atoms with E-state index < -0.39 is 0 Å². The van der Waals surface area contributed by atoms with Crippen molar-refractivity contribution in [3.8, 4) is 17.2 Å². The van der Waals surface area contributed by atoms with Crippen molar-refractivity contribution in [1.29, 1.82) is 5.26 Å². The maximum absolute atomic E-state index is 12.5. The number of ether oxygens (including phenoxy) is 1. The summed E-state index contributed by atoms with van der Waals surface area (Å²) >= 11 is 0. The summed E-state index contributed by atoms with van der Waals surface area (Å²) in [6.45, 7) is 9.73. The molecule has 122 valence electrons. The molecule has 0 bridgehead atoms. The zero-order valence-corrected chi connectivity index (χ0v) is 13.9. The van der Waals surface area contributed by atoms with Crippen LogP contribution in [-0.2, 0) is 4.74 Å². The third-order valence-corrected chi connectivity index (χ3v) is 4.21. The number of hydrogen-bond acceptors (Lipinski definition) is 3. The number of rotatable bonds is 4. The van der Waals surface area contributed by atoms with Gasteiger partial charge in [0.25, 0.3) is 5.70 Å². The molecule has 0 radical (unpaired) electrons. The Morgan fingerprint density at radius 1 is 1.16 bits per heavy atom. The summed E-state index contributed by atoms with van der Waals surface area (Å²) in [4.78, 5) is 15.9. The van der Waals surface area contributed by atoms with Crippen LogP contribution in [0.1, 0.15) is 41.3 Å². The van der Waals surface area contributed by atoms with Crippen LogP contribution in [0.25, 0.3) is 21.5 Å². The first-order valence-electron chi connectivity index (χ1n) is 8.15. The van der Waals surface area contributed by atoms with Crippen LogP contribution in [0, 0.1) is 17.9 Å². The van der Waals surface area contributed by atoms with Crippen LogP contribution < -0.4 is 0 Å². The third kappa shape index (κ3) is 2.79. The van der Waals surface area contributed by atoms with Crippen molar-refractivity contribution < 1.29 is 9.53 Å². The van der Waals surface area contributed by atoms with Gasteiger partial charge in [-0.05, 0) is 29.2 Å². The Morgan fingerprint density at radius 3 is 2.56 bits per heavy atom. The van der Waals surface area contributed by atoms with E-state index in [0.29, 0.717) is 17.7 Å². The van der Waals surface area contributed by atoms with E-state index in [1.54, 1.807) is 12.1 Å². The molecule has 0 amide bonds. The second-order valence-electron chi connectivity index (χ2n) is 5.71. The molecule has 2 aromatic carbocycles. The lowest BCUT2D eigenvalue weighted by Gasteiger charge is -2.09. The van der Waals surface area contributed by atoms with Gasteiger partial charge in [0.05, 0.1) is 24.8 Å². The van der Waals surface area contributed by atoms with Gasteiger partial charge in [-0.15, -0.1) is 0 Å². The molecule has 4 heteroatoms. The van der Waals surface area contributed by atoms with Gasteiger partial charge < -0.3 is 4.74 Å². The minimum absolute atomic E-state index is 0.0303. The van der Waals surface area contributed by atoms with Gasteiger partial charge in [0.2, 0.25) is 0 Å². The minimum Gasteiger partial charge on any atom is -0.462 e. The molecule has 0 spiro atoms. The Labute approximate surface area is 146 Å². The molecule has 0 fully saturated rings. The van der Waals surface area contributed by atoms with E-state index in [9.17, 15) is 10.1 Å². The molecule has 3 rings (SSSR count). The van der Waals surface area contributed by atoms with E-state index >= 15 is 0 Å². The number of carbonyl (C=O) groups is 1. The fraction of sp³-hybridized carbons (Fsp3) is 0.190. The number of nitriles is 1. The normalized spacial score (nSPS) is 13.2. The molecule has 1 aliphatic rings. The molecule has 0 unspecified atom stereocenters. The van der Waals surface area contributed by atoms with Crippen molar-refractivity contribution in [3.63, 3.8) is 0 Å². The number of nitrogens with zero attached hydrogens (tertiary/aromatic N) is 2. The molecule has 0 aliphatic heterocycles. The molecule has 0 atom stereocenters. The Morgan fingerprint density at radius 2 is 1.88 bits per heavy atom. The fourth-order valence-corrected chi connectivity index (χ4v) is 3.06. The molecule has 0 saturated heterocycles. The summed E-state index contributed by atoms with van der Waals surface area (Å²) < 4.78 is 5.38. The van der Waals surface area contributed by atoms with Crippen molar-refractivity contribution >= 4 is 11.5 Å². The maximum Gasteiger partial charge on any atom is 0.338 e. The Kier molecular flexibility index (Phi) is 4.64. The summed E-state index contributed by atoms with van der Waals surface area (Å²) in [5, 5.41) is 9.35. The molecule has 0 N–H and O–H groups in total. The molecule has 1 aliphatic carbocycles. The molecule has 0 heterocycles. The quantitative estimate of drug-likeness (QED) is 0.298. The van der Waals surface area contributed by atoms with Crippen LogP contribution in [0.3, 0.4) is 0 Å². The number of hydrogen-bond donors (Lipinski definition) is 0. The lowest BCUT2D eigenvalue weighted by molar-refractivity contribution is 0.0500. The standard InChI is InChI=1S/C21H16N2O2/c1-3-4-12-25-21(24)17-11-7-10-16-19(17)14-8-5-6-9-15(14)20(16)18(13-22)23-2/h5-11H,3-4,12H2,1H3/b20-18-. The van der Waals surface area contributed by atoms with Gasteiger partial charge in [-0.3, -0.25) is 0 Å². The molecular formula is C21H16N2O2. The number of fused-ring (bicyclic) bond motifs is 3. The Bertz CT molecular complexity index is 943. The number of carbonyl (C=O) groups excluding carboxylic acids is 1. The molecule has 4 nitrogen and oxygen atoms in total. The Balaban J connectivity index is 2.21. The second kappa shape index (κ2) is 7.03. The maximum atomic E-state index is 12.5. The third-order valence-electron chi connectivity index (χ3n) is 4.21. The van der Waals surface area contributed by atoms with Crippen LogP contribution in [0.15, 0.2) is 48.2 Å². The van der Waals surface area contributed by atoms with Crippen molar-refractivity contribution in [2.45, 2.75) is 19.8 Å². The van der Waals surface area contributed by atoms with E-state index in [-0.39, 0.29) is 11.7 Å². The van der Waals surface area contributed by atoms with Gasteiger partial charge in [0, 0.05) is 11.1 Å². The topological polar surface area (TPSA) is 54.5 Å². The highest BCUT2D eigenvalue weighted by atomic mass is 16.5. The van der Waals surface area contributed by atoms with Crippen LogP contribution >= 0.6 is 0 Å². The highest BCUT2D eigenvalue weighted by molar-refractivity contribution is 6.10. The fourth-order valence-electron chi connectivity index (χ4n) is 3.06. The van der Waals surface area contributed by atoms with Gasteiger partial charge in [-0.2, -0.15) is 0 Å². The van der Waals surface area contributed by atoms with Gasteiger partial charge >= 0.3 is 5.97 Å². The van der Waals surface area contributed by atoms with Crippen LogP contribution in [0.5, 0.6) is 0 Å². The minimum atomic E-state index is -0.373. The number of unbranched alkanes of at least 4 members (excludes halogenated alkanes) is 1. The summed E-state index contributed by atoms with van der Waals surface area (Å²) in [5.74, 6) is -0.373. The van der Waals surface area contributed by atoms with Crippen molar-refractivity contribution in [2.75, 3.05) is 6.61 Å². The first-order valence-corrected chi connectivity index (χ1v) is 8.15. The van der Waals surface area contributed by atoms with Crippen LogP contribution in [0.2, 0.25) is 0 Å². The van der Waals surface area contributed by atoms with E-state index in [1.807, 2.05) is 43.3 Å². The molecule has 2 aromatic rings. The zero-order chi connectivity index (χ0) is 17.8. The highest BCUT2D eigenvalue weighted by Crippen LogP contribution is 2.47. The zero-order valence-electron chi connectivity index (χ0n) is 13.9. The molecule has 0 aromatic heterocycles. The SMILES string of the molecule is [C-]#[N+]/C(C#N)=C1/c2ccccc2-c2c(C(=O)OCCCC)cccc21. The van der Waals surface area contributed by atoms with Crippen LogP contribution in [0.4, 0.5) is 0 Å². The lowest BCUT2D eigenvalue weighted by Crippen LogP contribution is -2.08. The van der Waals surface area contributed by atoms with E-state index in [0.717, 1.165) is 35.1 Å². The van der Waals surface area contributed by atoms with Gasteiger partial charge in [-0.1, -0.05) is 49.7 Å². The van der Waals surface area contributed by atoms with Crippen molar-refractivity contribution in [3.05, 3.63) is 76.3 Å². The summed E-state index contributed by atoms with van der Waals surface area (Å²) in [6.07, 6.45) is 1.77. The summed E-state index contributed by atoms with van der Waals surface area (Å²) in [7, 11) is 0. The smallest absolute Gasteiger partial charge is 0.338 e. The monoisotopic (exact) mass is 328 g/mol. The van der Waals surface area contributed by atoms with Crippen molar-refractivity contribution in [1.82, 2.24) is 0 Å². The average molecular weight is 328 g/mol. The van der Waals surface area contributed by atoms with E-state index in [4.69, 9.17) is 11.3 Å². The predicted octanol–water partition coefficient (Wildman–Crippen LogP) is 4.83. The number of esters is 1. The van der Waals surface area contributed by atoms with E-state index in [2.05, 4.69) is 4.85 Å². The Hall–Kier alpha value is -3.37. The lowest BCUT2D eigenvalue weighted by atomic mass is 9.99. The van der Waals surface area contributed by atoms with Crippen molar-refractivity contribution in [2.24, 2.45) is 0 Å². The number of allylic oxidation sites excluding steroid dienone is 1. The molecular weight excluding hydrogens is 312 g/mol. The second-order valence-corrected chi connectivity index (χ2v) is 5.71. The van der Waals surface area contributed by atoms with Gasteiger partial charge in [-0.25, -0.2) is 14.9 Å².